The molecule has 4 heteroatoms. The Morgan fingerprint density at radius 3 is 2.62 bits per heavy atom. The molecule has 0 aliphatic rings. The van der Waals surface area contributed by atoms with E-state index >= 15 is 0 Å². The first-order valence-corrected chi connectivity index (χ1v) is 9.38. The maximum atomic E-state index is 12.6. The van der Waals surface area contributed by atoms with Gasteiger partial charge in [0.15, 0.2) is 5.78 Å². The second-order valence-electron chi connectivity index (χ2n) is 6.43. The number of benzene rings is 2. The van der Waals surface area contributed by atoms with Crippen molar-refractivity contribution in [2.24, 2.45) is 0 Å². The quantitative estimate of drug-likeness (QED) is 0.451. The molecule has 0 saturated heterocycles. The average molecular weight is 355 g/mol. The second kappa shape index (κ2) is 11.4. The zero-order chi connectivity index (χ0) is 18.6. The summed E-state index contributed by atoms with van der Waals surface area (Å²) in [5, 5.41) is 13.2. The Labute approximate surface area is 156 Å². The minimum absolute atomic E-state index is 0.0556. The lowest BCUT2D eigenvalue weighted by atomic mass is 10.0. The van der Waals surface area contributed by atoms with Gasteiger partial charge < -0.3 is 15.2 Å². The van der Waals surface area contributed by atoms with Crippen molar-refractivity contribution in [2.75, 3.05) is 19.7 Å². The van der Waals surface area contributed by atoms with Crippen molar-refractivity contribution in [1.82, 2.24) is 5.32 Å². The van der Waals surface area contributed by atoms with Crippen LogP contribution >= 0.6 is 0 Å². The minimum Gasteiger partial charge on any atom is -0.490 e. The summed E-state index contributed by atoms with van der Waals surface area (Å²) >= 11 is 0. The molecule has 4 nitrogen and oxygen atoms in total. The van der Waals surface area contributed by atoms with Gasteiger partial charge in [0, 0.05) is 13.0 Å². The number of nitrogens with one attached hydrogen (secondary N) is 1. The molecule has 0 saturated carbocycles. The Morgan fingerprint density at radius 2 is 1.85 bits per heavy atom. The Bertz CT molecular complexity index is 657. The van der Waals surface area contributed by atoms with Crippen molar-refractivity contribution in [2.45, 2.75) is 38.7 Å². The Morgan fingerprint density at radius 1 is 1.12 bits per heavy atom. The lowest BCUT2D eigenvalue weighted by Gasteiger charge is -2.15. The number of Topliss-reactive ketones (excluding diaryl/α,β-unsaturated/α-hetero) is 1. The van der Waals surface area contributed by atoms with Crippen LogP contribution in [0.3, 0.4) is 0 Å². The summed E-state index contributed by atoms with van der Waals surface area (Å²) in [7, 11) is 0. The van der Waals surface area contributed by atoms with Gasteiger partial charge in [-0.1, -0.05) is 55.8 Å². The van der Waals surface area contributed by atoms with Gasteiger partial charge in [0.2, 0.25) is 0 Å². The second-order valence-corrected chi connectivity index (χ2v) is 6.43. The standard InChI is InChI=1S/C22H29NO3/c1-2-3-15-23-16-19(24)17-26-22-12-8-7-11-20(22)21(25)14-13-18-9-5-4-6-10-18/h4-12,19,23-24H,2-3,13-17H2,1H3. The smallest absolute Gasteiger partial charge is 0.166 e. The summed E-state index contributed by atoms with van der Waals surface area (Å²) < 4.78 is 5.72. The number of rotatable bonds is 12. The fraction of sp³-hybridized carbons (Fsp3) is 0.409. The molecule has 0 spiro atoms. The summed E-state index contributed by atoms with van der Waals surface area (Å²) in [6.45, 7) is 3.68. The molecule has 2 aromatic carbocycles. The molecule has 0 amide bonds. The van der Waals surface area contributed by atoms with Gasteiger partial charge in [-0.05, 0) is 37.1 Å². The van der Waals surface area contributed by atoms with Crippen molar-refractivity contribution in [1.29, 1.82) is 0 Å². The summed E-state index contributed by atoms with van der Waals surface area (Å²) in [5.74, 6) is 0.596. The third-order valence-corrected chi connectivity index (χ3v) is 4.19. The molecule has 0 aliphatic heterocycles. The number of carbonyl (C=O) groups is 1. The normalized spacial score (nSPS) is 11.9. The van der Waals surface area contributed by atoms with Gasteiger partial charge in [0.05, 0.1) is 5.56 Å². The molecular weight excluding hydrogens is 326 g/mol. The maximum Gasteiger partial charge on any atom is 0.166 e. The molecule has 0 bridgehead atoms. The summed E-state index contributed by atoms with van der Waals surface area (Å²) in [6.07, 6.45) is 2.76. The third-order valence-electron chi connectivity index (χ3n) is 4.19. The molecule has 1 atom stereocenters. The van der Waals surface area contributed by atoms with E-state index in [0.717, 1.165) is 24.9 Å². The summed E-state index contributed by atoms with van der Waals surface area (Å²) in [4.78, 5) is 12.6. The summed E-state index contributed by atoms with van der Waals surface area (Å²) in [6, 6.07) is 17.2. The number of ether oxygens (including phenoxy) is 1. The van der Waals surface area contributed by atoms with Gasteiger partial charge >= 0.3 is 0 Å². The van der Waals surface area contributed by atoms with Crippen LogP contribution in [0.15, 0.2) is 54.6 Å². The summed E-state index contributed by atoms with van der Waals surface area (Å²) in [5.41, 5.74) is 1.72. The van der Waals surface area contributed by atoms with Crippen LogP contribution in [0.25, 0.3) is 0 Å². The van der Waals surface area contributed by atoms with Gasteiger partial charge in [-0.2, -0.15) is 0 Å². The van der Waals surface area contributed by atoms with E-state index in [-0.39, 0.29) is 12.4 Å². The zero-order valence-corrected chi connectivity index (χ0v) is 15.5. The lowest BCUT2D eigenvalue weighted by Crippen LogP contribution is -2.32. The van der Waals surface area contributed by atoms with Gasteiger partial charge in [-0.15, -0.1) is 0 Å². The topological polar surface area (TPSA) is 58.6 Å². The van der Waals surface area contributed by atoms with E-state index < -0.39 is 6.10 Å². The van der Waals surface area contributed by atoms with Crippen LogP contribution < -0.4 is 10.1 Å². The van der Waals surface area contributed by atoms with E-state index in [1.54, 1.807) is 12.1 Å². The molecule has 2 N–H and O–H groups in total. The van der Waals surface area contributed by atoms with Crippen molar-refractivity contribution in [3.63, 3.8) is 0 Å². The highest BCUT2D eigenvalue weighted by molar-refractivity contribution is 5.98. The molecular formula is C22H29NO3. The van der Waals surface area contributed by atoms with Crippen LogP contribution in [-0.4, -0.2) is 36.7 Å². The minimum atomic E-state index is -0.598. The Balaban J connectivity index is 1.85. The van der Waals surface area contributed by atoms with E-state index in [1.807, 2.05) is 42.5 Å². The first kappa shape index (κ1) is 20.1. The zero-order valence-electron chi connectivity index (χ0n) is 15.5. The molecule has 140 valence electrons. The fourth-order valence-corrected chi connectivity index (χ4v) is 2.68. The molecule has 2 aromatic rings. The van der Waals surface area contributed by atoms with Gasteiger partial charge in [-0.25, -0.2) is 0 Å². The molecule has 2 rings (SSSR count). The first-order valence-electron chi connectivity index (χ1n) is 9.38. The third kappa shape index (κ3) is 6.98. The van der Waals surface area contributed by atoms with Gasteiger partial charge in [-0.3, -0.25) is 4.79 Å². The number of aryl methyl sites for hydroxylation is 1. The molecule has 0 radical (unpaired) electrons. The predicted molar refractivity (Wildman–Crippen MR) is 105 cm³/mol. The predicted octanol–water partition coefficient (Wildman–Crippen LogP) is 3.63. The number of para-hydroxylation sites is 1. The van der Waals surface area contributed by atoms with E-state index in [0.29, 0.717) is 30.7 Å². The first-order chi connectivity index (χ1) is 12.7. The number of hydrogen-bond donors (Lipinski definition) is 2. The van der Waals surface area contributed by atoms with Gasteiger partial charge in [0.25, 0.3) is 0 Å². The highest BCUT2D eigenvalue weighted by Gasteiger charge is 2.13. The van der Waals surface area contributed by atoms with Crippen LogP contribution in [0.4, 0.5) is 0 Å². The van der Waals surface area contributed by atoms with Crippen LogP contribution in [0, 0.1) is 0 Å². The van der Waals surface area contributed by atoms with E-state index in [9.17, 15) is 9.90 Å². The number of ketones is 1. The van der Waals surface area contributed by atoms with Crippen LogP contribution in [0.5, 0.6) is 5.75 Å². The number of hydrogen-bond acceptors (Lipinski definition) is 4. The average Bonchev–Trinajstić information content (AvgIpc) is 2.69. The van der Waals surface area contributed by atoms with Crippen molar-refractivity contribution < 1.29 is 14.6 Å². The van der Waals surface area contributed by atoms with Crippen molar-refractivity contribution >= 4 is 5.78 Å². The number of unbranched alkanes of at least 4 members (excludes halogenated alkanes) is 1. The van der Waals surface area contributed by atoms with Crippen LogP contribution in [-0.2, 0) is 6.42 Å². The van der Waals surface area contributed by atoms with Crippen molar-refractivity contribution in [3.05, 3.63) is 65.7 Å². The van der Waals surface area contributed by atoms with Crippen molar-refractivity contribution in [3.8, 4) is 5.75 Å². The highest BCUT2D eigenvalue weighted by Crippen LogP contribution is 2.20. The number of aliphatic hydroxyl groups is 1. The number of carbonyl (C=O) groups excluding carboxylic acids is 1. The monoisotopic (exact) mass is 355 g/mol. The Hall–Kier alpha value is -2.17. The van der Waals surface area contributed by atoms with Crippen LogP contribution in [0.1, 0.15) is 42.1 Å². The van der Waals surface area contributed by atoms with E-state index in [1.165, 1.54) is 0 Å². The molecule has 26 heavy (non-hydrogen) atoms. The van der Waals surface area contributed by atoms with Crippen LogP contribution in [0.2, 0.25) is 0 Å². The highest BCUT2D eigenvalue weighted by atomic mass is 16.5. The van der Waals surface area contributed by atoms with Gasteiger partial charge in [0.1, 0.15) is 18.5 Å². The molecule has 1 unspecified atom stereocenters. The van der Waals surface area contributed by atoms with E-state index in [2.05, 4.69) is 12.2 Å². The maximum absolute atomic E-state index is 12.6. The van der Waals surface area contributed by atoms with E-state index in [4.69, 9.17) is 4.74 Å². The molecule has 0 heterocycles. The molecule has 0 aliphatic carbocycles. The fourth-order valence-electron chi connectivity index (χ4n) is 2.68. The Kier molecular flexibility index (Phi) is 8.87. The number of aliphatic hydroxyl groups excluding tert-OH is 1. The lowest BCUT2D eigenvalue weighted by molar-refractivity contribution is 0.0950. The molecule has 0 fully saturated rings. The largest absolute Gasteiger partial charge is 0.490 e. The SMILES string of the molecule is CCCCNCC(O)COc1ccccc1C(=O)CCc1ccccc1. The molecule has 0 aromatic heterocycles.